The molecule has 0 aliphatic heterocycles. The van der Waals surface area contributed by atoms with Gasteiger partial charge in [-0.1, -0.05) is 31.5 Å². The highest BCUT2D eigenvalue weighted by Crippen LogP contribution is 2.13. The first-order valence-corrected chi connectivity index (χ1v) is 8.68. The number of unbranched alkanes of at least 4 members (excludes halogenated alkanes) is 1. The fourth-order valence-electron chi connectivity index (χ4n) is 2.63. The molecule has 0 aliphatic carbocycles. The second kappa shape index (κ2) is 11.2. The molecule has 0 spiro atoms. The molecule has 1 amide bonds. The van der Waals surface area contributed by atoms with E-state index in [9.17, 15) is 9.59 Å². The van der Waals surface area contributed by atoms with Crippen LogP contribution >= 0.6 is 0 Å². The average molecular weight is 348 g/mol. The maximum Gasteiger partial charge on any atom is 0.407 e. The van der Waals surface area contributed by atoms with Crippen molar-refractivity contribution >= 4 is 18.3 Å². The molecule has 25 heavy (non-hydrogen) atoms. The molecule has 1 aromatic carbocycles. The van der Waals surface area contributed by atoms with E-state index in [1.54, 1.807) is 0 Å². The number of benzene rings is 1. The molecule has 0 saturated heterocycles. The standard InChI is InChI=1S/C19H28N2O4/c1-3-16-8-7-15(12-14(16)2)13-25-19(24)21-11-5-4-6-17(9-10-20)18(22)23/h7-8,10,12,17,20H,3-6,9,11,13H2,1-2H3,(H,21,24)(H,22,23). The number of hydrogen-bond donors (Lipinski definition) is 3. The van der Waals surface area contributed by atoms with E-state index in [4.69, 9.17) is 15.3 Å². The molecule has 1 unspecified atom stereocenters. The van der Waals surface area contributed by atoms with E-state index in [0.29, 0.717) is 25.8 Å². The zero-order valence-corrected chi connectivity index (χ0v) is 15.0. The zero-order valence-electron chi connectivity index (χ0n) is 15.0. The second-order valence-corrected chi connectivity index (χ2v) is 6.09. The first-order chi connectivity index (χ1) is 12.0. The predicted molar refractivity (Wildman–Crippen MR) is 97.1 cm³/mol. The molecular weight excluding hydrogens is 320 g/mol. The van der Waals surface area contributed by atoms with Crippen LogP contribution in [0.5, 0.6) is 0 Å². The zero-order chi connectivity index (χ0) is 18.7. The van der Waals surface area contributed by atoms with Gasteiger partial charge in [-0.15, -0.1) is 0 Å². The number of aryl methyl sites for hydroxylation is 2. The Bertz CT molecular complexity index is 587. The summed E-state index contributed by atoms with van der Waals surface area (Å²) < 4.78 is 5.19. The van der Waals surface area contributed by atoms with Gasteiger partial charge in [0.15, 0.2) is 0 Å². The molecular formula is C19H28N2O4. The number of amides is 1. The van der Waals surface area contributed by atoms with Crippen molar-refractivity contribution in [1.82, 2.24) is 5.32 Å². The van der Waals surface area contributed by atoms with Crippen LogP contribution in [0.15, 0.2) is 18.2 Å². The lowest BCUT2D eigenvalue weighted by atomic mass is 9.99. The van der Waals surface area contributed by atoms with E-state index < -0.39 is 18.0 Å². The molecule has 1 atom stereocenters. The summed E-state index contributed by atoms with van der Waals surface area (Å²) in [5.74, 6) is -1.39. The Morgan fingerprint density at radius 3 is 2.72 bits per heavy atom. The molecule has 0 heterocycles. The number of rotatable bonds is 11. The number of alkyl carbamates (subject to hydrolysis) is 1. The number of carbonyl (C=O) groups excluding carboxylic acids is 1. The Labute approximate surface area is 149 Å². The Hall–Kier alpha value is -2.37. The van der Waals surface area contributed by atoms with E-state index in [1.165, 1.54) is 11.1 Å². The highest BCUT2D eigenvalue weighted by molar-refractivity contribution is 5.73. The minimum absolute atomic E-state index is 0.233. The molecule has 0 radical (unpaired) electrons. The number of nitrogens with one attached hydrogen (secondary N) is 2. The highest BCUT2D eigenvalue weighted by atomic mass is 16.5. The van der Waals surface area contributed by atoms with Gasteiger partial charge in [-0.2, -0.15) is 0 Å². The predicted octanol–water partition coefficient (Wildman–Crippen LogP) is 3.69. The Balaban J connectivity index is 2.21. The first kappa shape index (κ1) is 20.7. The molecule has 0 aromatic heterocycles. The van der Waals surface area contributed by atoms with Crippen molar-refractivity contribution in [1.29, 1.82) is 5.41 Å². The molecule has 0 saturated carbocycles. The lowest BCUT2D eigenvalue weighted by Crippen LogP contribution is -2.25. The second-order valence-electron chi connectivity index (χ2n) is 6.09. The number of carbonyl (C=O) groups is 2. The van der Waals surface area contributed by atoms with E-state index in [0.717, 1.165) is 18.2 Å². The number of aliphatic carboxylic acids is 1. The van der Waals surface area contributed by atoms with E-state index >= 15 is 0 Å². The van der Waals surface area contributed by atoms with Gasteiger partial charge in [0, 0.05) is 6.54 Å². The van der Waals surface area contributed by atoms with Crippen LogP contribution in [0.4, 0.5) is 4.79 Å². The Morgan fingerprint density at radius 2 is 2.12 bits per heavy atom. The number of carboxylic acids is 1. The molecule has 6 nitrogen and oxygen atoms in total. The van der Waals surface area contributed by atoms with Crippen molar-refractivity contribution in [2.24, 2.45) is 5.92 Å². The maximum atomic E-state index is 11.7. The van der Waals surface area contributed by atoms with Gasteiger partial charge < -0.3 is 20.6 Å². The fraction of sp³-hybridized carbons (Fsp3) is 0.526. The summed E-state index contributed by atoms with van der Waals surface area (Å²) >= 11 is 0. The molecule has 1 aromatic rings. The van der Waals surface area contributed by atoms with Crippen molar-refractivity contribution in [3.05, 3.63) is 34.9 Å². The first-order valence-electron chi connectivity index (χ1n) is 8.68. The smallest absolute Gasteiger partial charge is 0.407 e. The minimum atomic E-state index is -0.875. The van der Waals surface area contributed by atoms with Gasteiger partial charge in [0.2, 0.25) is 0 Å². The van der Waals surface area contributed by atoms with Crippen molar-refractivity contribution in [2.45, 2.75) is 52.6 Å². The monoisotopic (exact) mass is 348 g/mol. The fourth-order valence-corrected chi connectivity index (χ4v) is 2.63. The van der Waals surface area contributed by atoms with Crippen molar-refractivity contribution in [3.63, 3.8) is 0 Å². The highest BCUT2D eigenvalue weighted by Gasteiger charge is 2.15. The minimum Gasteiger partial charge on any atom is -0.481 e. The number of carboxylic acid groups (broad SMARTS) is 1. The van der Waals surface area contributed by atoms with Gasteiger partial charge in [0.25, 0.3) is 0 Å². The summed E-state index contributed by atoms with van der Waals surface area (Å²) in [6.07, 6.45) is 3.76. The molecule has 6 heteroatoms. The van der Waals surface area contributed by atoms with E-state index in [2.05, 4.69) is 18.3 Å². The summed E-state index contributed by atoms with van der Waals surface area (Å²) in [6.45, 7) is 4.84. The Kier molecular flexibility index (Phi) is 9.29. The van der Waals surface area contributed by atoms with E-state index in [1.807, 2.05) is 19.1 Å². The topological polar surface area (TPSA) is 99.5 Å². The lowest BCUT2D eigenvalue weighted by molar-refractivity contribution is -0.141. The summed E-state index contributed by atoms with van der Waals surface area (Å²) in [4.78, 5) is 22.6. The molecule has 138 valence electrons. The van der Waals surface area contributed by atoms with Crippen LogP contribution in [0.3, 0.4) is 0 Å². The van der Waals surface area contributed by atoms with Crippen molar-refractivity contribution in [3.8, 4) is 0 Å². The third-order valence-electron chi connectivity index (χ3n) is 4.16. The third kappa shape index (κ3) is 7.83. The average Bonchev–Trinajstić information content (AvgIpc) is 2.58. The van der Waals surface area contributed by atoms with Crippen LogP contribution in [-0.4, -0.2) is 29.9 Å². The van der Waals surface area contributed by atoms with Crippen LogP contribution in [0.25, 0.3) is 0 Å². The lowest BCUT2D eigenvalue weighted by Gasteiger charge is -2.10. The third-order valence-corrected chi connectivity index (χ3v) is 4.16. The SMILES string of the molecule is CCc1ccc(COC(=O)NCCCCC(CC=N)C(=O)O)cc1C. The molecule has 0 bridgehead atoms. The summed E-state index contributed by atoms with van der Waals surface area (Å²) in [5.41, 5.74) is 3.44. The van der Waals surface area contributed by atoms with Crippen molar-refractivity contribution < 1.29 is 19.4 Å². The van der Waals surface area contributed by atoms with Gasteiger partial charge in [-0.25, -0.2) is 4.79 Å². The molecule has 3 N–H and O–H groups in total. The van der Waals surface area contributed by atoms with Gasteiger partial charge in [0.1, 0.15) is 6.61 Å². The van der Waals surface area contributed by atoms with Gasteiger partial charge in [-0.3, -0.25) is 4.79 Å². The molecule has 1 rings (SSSR count). The van der Waals surface area contributed by atoms with Crippen LogP contribution < -0.4 is 5.32 Å². The van der Waals surface area contributed by atoms with Crippen LogP contribution in [0.1, 0.15) is 49.3 Å². The van der Waals surface area contributed by atoms with Crippen LogP contribution in [-0.2, 0) is 22.6 Å². The Morgan fingerprint density at radius 1 is 1.36 bits per heavy atom. The quantitative estimate of drug-likeness (QED) is 0.419. The number of hydrogen-bond acceptors (Lipinski definition) is 4. The molecule has 0 aliphatic rings. The van der Waals surface area contributed by atoms with Crippen molar-refractivity contribution in [2.75, 3.05) is 6.54 Å². The van der Waals surface area contributed by atoms with Gasteiger partial charge >= 0.3 is 12.1 Å². The molecule has 0 fully saturated rings. The van der Waals surface area contributed by atoms with Gasteiger partial charge in [0.05, 0.1) is 5.92 Å². The van der Waals surface area contributed by atoms with Crippen LogP contribution in [0.2, 0.25) is 0 Å². The van der Waals surface area contributed by atoms with Crippen LogP contribution in [0, 0.1) is 18.3 Å². The number of ether oxygens (including phenoxy) is 1. The summed E-state index contributed by atoms with van der Waals surface area (Å²) in [5, 5.41) is 18.6. The van der Waals surface area contributed by atoms with E-state index in [-0.39, 0.29) is 13.0 Å². The van der Waals surface area contributed by atoms with Gasteiger partial charge in [-0.05, 0) is 55.5 Å². The summed E-state index contributed by atoms with van der Waals surface area (Å²) in [7, 11) is 0. The largest absolute Gasteiger partial charge is 0.481 e. The maximum absolute atomic E-state index is 11.7. The normalized spacial score (nSPS) is 11.6. The summed E-state index contributed by atoms with van der Waals surface area (Å²) in [6, 6.07) is 6.05.